The molecule has 1 aromatic carbocycles. The van der Waals surface area contributed by atoms with Gasteiger partial charge in [0.1, 0.15) is 17.5 Å². The molecule has 0 spiro atoms. The summed E-state index contributed by atoms with van der Waals surface area (Å²) in [6.45, 7) is 0. The first-order chi connectivity index (χ1) is 7.04. The Balaban J connectivity index is 3.14. The Labute approximate surface area is 93.6 Å². The Hall–Kier alpha value is -1.67. The van der Waals surface area contributed by atoms with Crippen molar-refractivity contribution in [3.63, 3.8) is 0 Å². The number of aliphatic carboxylic acids is 1. The highest BCUT2D eigenvalue weighted by Gasteiger charge is 2.06. The normalized spacial score (nSPS) is 10.9. The smallest absolute Gasteiger partial charge is 0.346 e. The largest absolute Gasteiger partial charge is 0.477 e. The summed E-state index contributed by atoms with van der Waals surface area (Å²) >= 11 is 2.96. The number of nitrogens with zero attached hydrogens (tertiary/aromatic N) is 1. The average molecular weight is 270 g/mol. The Morgan fingerprint density at radius 3 is 2.73 bits per heavy atom. The molecule has 0 aliphatic carbocycles. The van der Waals surface area contributed by atoms with Crippen molar-refractivity contribution in [1.82, 2.24) is 0 Å². The van der Waals surface area contributed by atoms with Crippen molar-refractivity contribution in [3.8, 4) is 6.07 Å². The monoisotopic (exact) mass is 269 g/mol. The number of benzene rings is 1. The highest BCUT2D eigenvalue weighted by molar-refractivity contribution is 9.10. The van der Waals surface area contributed by atoms with Crippen LogP contribution in [0.5, 0.6) is 0 Å². The van der Waals surface area contributed by atoms with Crippen LogP contribution in [-0.4, -0.2) is 11.1 Å². The van der Waals surface area contributed by atoms with Gasteiger partial charge in [0.25, 0.3) is 0 Å². The summed E-state index contributed by atoms with van der Waals surface area (Å²) in [6, 6.07) is 5.51. The molecule has 5 heteroatoms. The second-order valence-corrected chi connectivity index (χ2v) is 3.50. The predicted molar refractivity (Wildman–Crippen MR) is 55.3 cm³/mol. The van der Waals surface area contributed by atoms with E-state index in [1.807, 2.05) is 0 Å². The fourth-order valence-corrected chi connectivity index (χ4v) is 1.31. The number of halogens is 2. The first-order valence-electron chi connectivity index (χ1n) is 3.84. The molecule has 76 valence electrons. The van der Waals surface area contributed by atoms with Gasteiger partial charge in [0.05, 0.1) is 4.47 Å². The minimum atomic E-state index is -1.31. The molecule has 0 aliphatic heterocycles. The molecule has 1 N–H and O–H groups in total. The molecule has 15 heavy (non-hydrogen) atoms. The van der Waals surface area contributed by atoms with Crippen LogP contribution in [0.2, 0.25) is 0 Å². The SMILES string of the molecule is N#CC(=Cc1ccc(F)c(Br)c1)C(=O)O. The number of carboxylic acid groups (broad SMARTS) is 1. The molecule has 0 heterocycles. The maximum absolute atomic E-state index is 12.8. The molecule has 1 rings (SSSR count). The summed E-state index contributed by atoms with van der Waals surface area (Å²) in [5.41, 5.74) is 0.0516. The third kappa shape index (κ3) is 2.89. The van der Waals surface area contributed by atoms with Crippen molar-refractivity contribution < 1.29 is 14.3 Å². The van der Waals surface area contributed by atoms with Gasteiger partial charge in [-0.05, 0) is 39.7 Å². The first kappa shape index (κ1) is 11.4. The Morgan fingerprint density at radius 1 is 1.60 bits per heavy atom. The van der Waals surface area contributed by atoms with Crippen LogP contribution < -0.4 is 0 Å². The van der Waals surface area contributed by atoms with Gasteiger partial charge in [-0.25, -0.2) is 9.18 Å². The fourth-order valence-electron chi connectivity index (χ4n) is 0.911. The molecule has 0 fully saturated rings. The summed E-state index contributed by atoms with van der Waals surface area (Å²) in [5.74, 6) is -1.75. The van der Waals surface area contributed by atoms with Crippen molar-refractivity contribution >= 4 is 28.0 Å². The van der Waals surface area contributed by atoms with E-state index in [1.54, 1.807) is 0 Å². The quantitative estimate of drug-likeness (QED) is 0.663. The molecule has 0 unspecified atom stereocenters. The maximum atomic E-state index is 12.8. The molecule has 3 nitrogen and oxygen atoms in total. The standard InChI is InChI=1S/C10H5BrFNO2/c11-8-4-6(1-2-9(8)12)3-7(5-13)10(14)15/h1-4H,(H,14,15). The van der Waals surface area contributed by atoms with E-state index in [4.69, 9.17) is 10.4 Å². The van der Waals surface area contributed by atoms with Crippen LogP contribution in [0.4, 0.5) is 4.39 Å². The van der Waals surface area contributed by atoms with Crippen LogP contribution in [0, 0.1) is 17.1 Å². The van der Waals surface area contributed by atoms with Crippen molar-refractivity contribution in [2.45, 2.75) is 0 Å². The van der Waals surface area contributed by atoms with Crippen molar-refractivity contribution in [1.29, 1.82) is 5.26 Å². The summed E-state index contributed by atoms with van der Waals surface area (Å²) in [5, 5.41) is 17.1. The van der Waals surface area contributed by atoms with Gasteiger partial charge in [0.15, 0.2) is 0 Å². The average Bonchev–Trinajstić information content (AvgIpc) is 2.19. The third-order valence-electron chi connectivity index (χ3n) is 1.61. The Morgan fingerprint density at radius 2 is 2.27 bits per heavy atom. The summed E-state index contributed by atoms with van der Waals surface area (Å²) in [4.78, 5) is 10.5. The lowest BCUT2D eigenvalue weighted by molar-refractivity contribution is -0.132. The van der Waals surface area contributed by atoms with E-state index in [-0.39, 0.29) is 4.47 Å². The molecule has 0 atom stereocenters. The molecule has 0 bridgehead atoms. The molecule has 0 aromatic heterocycles. The zero-order chi connectivity index (χ0) is 11.4. The number of hydrogen-bond donors (Lipinski definition) is 1. The van der Waals surface area contributed by atoms with Crippen LogP contribution >= 0.6 is 15.9 Å². The van der Waals surface area contributed by atoms with Gasteiger partial charge in [0, 0.05) is 0 Å². The molecule has 0 saturated heterocycles. The molecule has 0 radical (unpaired) electrons. The highest BCUT2D eigenvalue weighted by atomic mass is 79.9. The first-order valence-corrected chi connectivity index (χ1v) is 4.64. The second kappa shape index (κ2) is 4.71. The van der Waals surface area contributed by atoms with Crippen molar-refractivity contribution in [2.75, 3.05) is 0 Å². The van der Waals surface area contributed by atoms with E-state index in [0.29, 0.717) is 5.56 Å². The summed E-state index contributed by atoms with van der Waals surface area (Å²) in [7, 11) is 0. The molecular formula is C10H5BrFNO2. The number of hydrogen-bond acceptors (Lipinski definition) is 2. The van der Waals surface area contributed by atoms with Crippen molar-refractivity contribution in [2.24, 2.45) is 0 Å². The number of nitriles is 1. The maximum Gasteiger partial charge on any atom is 0.346 e. The zero-order valence-electron chi connectivity index (χ0n) is 7.37. The second-order valence-electron chi connectivity index (χ2n) is 2.65. The lowest BCUT2D eigenvalue weighted by atomic mass is 10.1. The third-order valence-corrected chi connectivity index (χ3v) is 2.21. The topological polar surface area (TPSA) is 61.1 Å². The van der Waals surface area contributed by atoms with Crippen LogP contribution in [-0.2, 0) is 4.79 Å². The zero-order valence-corrected chi connectivity index (χ0v) is 8.95. The molecule has 0 amide bonds. The summed E-state index contributed by atoms with van der Waals surface area (Å²) < 4.78 is 13.0. The minimum Gasteiger partial charge on any atom is -0.477 e. The number of carboxylic acids is 1. The number of carbonyl (C=O) groups is 1. The Kier molecular flexibility index (Phi) is 3.58. The Bertz CT molecular complexity index is 477. The lowest BCUT2D eigenvalue weighted by Crippen LogP contribution is -1.97. The molecule has 0 aliphatic rings. The van der Waals surface area contributed by atoms with Gasteiger partial charge in [-0.2, -0.15) is 5.26 Å². The van der Waals surface area contributed by atoms with Crippen LogP contribution in [0.3, 0.4) is 0 Å². The number of rotatable bonds is 2. The predicted octanol–water partition coefficient (Wildman–Crippen LogP) is 2.58. The van der Waals surface area contributed by atoms with Gasteiger partial charge < -0.3 is 5.11 Å². The molecule has 0 saturated carbocycles. The minimum absolute atomic E-state index is 0.221. The van der Waals surface area contributed by atoms with E-state index in [9.17, 15) is 9.18 Å². The van der Waals surface area contributed by atoms with E-state index in [2.05, 4.69) is 15.9 Å². The highest BCUT2D eigenvalue weighted by Crippen LogP contribution is 2.18. The van der Waals surface area contributed by atoms with E-state index < -0.39 is 17.4 Å². The summed E-state index contributed by atoms with van der Waals surface area (Å²) in [6.07, 6.45) is 1.17. The molecule has 1 aromatic rings. The van der Waals surface area contributed by atoms with E-state index in [1.165, 1.54) is 30.3 Å². The van der Waals surface area contributed by atoms with E-state index in [0.717, 1.165) is 0 Å². The van der Waals surface area contributed by atoms with Crippen molar-refractivity contribution in [3.05, 3.63) is 39.6 Å². The fraction of sp³-hybridized carbons (Fsp3) is 0. The van der Waals surface area contributed by atoms with Gasteiger partial charge in [-0.15, -0.1) is 0 Å². The molecular weight excluding hydrogens is 265 g/mol. The van der Waals surface area contributed by atoms with Gasteiger partial charge >= 0.3 is 5.97 Å². The van der Waals surface area contributed by atoms with Crippen LogP contribution in [0.1, 0.15) is 5.56 Å². The van der Waals surface area contributed by atoms with Crippen LogP contribution in [0.25, 0.3) is 6.08 Å². The van der Waals surface area contributed by atoms with E-state index >= 15 is 0 Å². The lowest BCUT2D eigenvalue weighted by Gasteiger charge is -1.97. The van der Waals surface area contributed by atoms with Crippen LogP contribution in [0.15, 0.2) is 28.2 Å². The van der Waals surface area contributed by atoms with Gasteiger partial charge in [-0.3, -0.25) is 0 Å². The van der Waals surface area contributed by atoms with Gasteiger partial charge in [0.2, 0.25) is 0 Å². The van der Waals surface area contributed by atoms with Gasteiger partial charge in [-0.1, -0.05) is 6.07 Å².